The molecule has 2 heterocycles. The Balaban J connectivity index is 0.944. The number of rotatable bonds is 5. The van der Waals surface area contributed by atoms with Crippen molar-refractivity contribution < 1.29 is 8.83 Å². The van der Waals surface area contributed by atoms with Crippen molar-refractivity contribution >= 4 is 93.3 Å². The Kier molecular flexibility index (Phi) is 7.74. The molecular formula is C63H41NO2. The van der Waals surface area contributed by atoms with Crippen LogP contribution in [0.25, 0.3) is 110 Å². The van der Waals surface area contributed by atoms with Crippen LogP contribution in [0.1, 0.15) is 25.0 Å². The fourth-order valence-electron chi connectivity index (χ4n) is 11.3. The SMILES string of the molecule is CC1(C)c2cc(N(c3ccc(-c4cccc5c4oc4ccccc45)cc3)c3cccc(-c4cccc5c4oc4ccccc45)c3)ccc2-c2cc3c4ccccc4c4ccccc4c3cc21. The van der Waals surface area contributed by atoms with Crippen molar-refractivity contribution in [3.63, 3.8) is 0 Å². The zero-order valence-corrected chi connectivity index (χ0v) is 36.5. The maximum atomic E-state index is 6.57. The molecule has 310 valence electrons. The van der Waals surface area contributed by atoms with Crippen LogP contribution >= 0.6 is 0 Å². The summed E-state index contributed by atoms with van der Waals surface area (Å²) in [6.45, 7) is 4.78. The van der Waals surface area contributed by atoms with E-state index in [0.29, 0.717) is 0 Å². The van der Waals surface area contributed by atoms with E-state index >= 15 is 0 Å². The van der Waals surface area contributed by atoms with Crippen molar-refractivity contribution in [1.29, 1.82) is 0 Å². The van der Waals surface area contributed by atoms with Crippen molar-refractivity contribution in [1.82, 2.24) is 0 Å². The lowest BCUT2D eigenvalue weighted by atomic mass is 9.81. The van der Waals surface area contributed by atoms with Crippen LogP contribution in [0.5, 0.6) is 0 Å². The highest BCUT2D eigenvalue weighted by Crippen LogP contribution is 2.53. The number of anilines is 3. The van der Waals surface area contributed by atoms with Crippen LogP contribution in [0, 0.1) is 0 Å². The number of benzene rings is 11. The summed E-state index contributed by atoms with van der Waals surface area (Å²) in [5, 5.41) is 12.3. The first-order valence-electron chi connectivity index (χ1n) is 22.8. The molecule has 14 rings (SSSR count). The second kappa shape index (κ2) is 13.8. The maximum Gasteiger partial charge on any atom is 0.143 e. The summed E-state index contributed by atoms with van der Waals surface area (Å²) >= 11 is 0. The van der Waals surface area contributed by atoms with Crippen molar-refractivity contribution in [2.75, 3.05) is 4.90 Å². The normalized spacial score (nSPS) is 13.1. The maximum absolute atomic E-state index is 6.57. The van der Waals surface area contributed by atoms with Gasteiger partial charge in [-0.1, -0.05) is 166 Å². The van der Waals surface area contributed by atoms with Gasteiger partial charge in [0.05, 0.1) is 0 Å². The first kappa shape index (κ1) is 37.0. The number of nitrogens with zero attached hydrogens (tertiary/aromatic N) is 1. The predicted molar refractivity (Wildman–Crippen MR) is 277 cm³/mol. The summed E-state index contributed by atoms with van der Waals surface area (Å²) in [4.78, 5) is 2.41. The second-order valence-electron chi connectivity index (χ2n) is 18.4. The van der Waals surface area contributed by atoms with Gasteiger partial charge < -0.3 is 13.7 Å². The molecule has 0 spiro atoms. The Labute approximate surface area is 381 Å². The molecule has 0 amide bonds. The molecule has 0 saturated carbocycles. The Morgan fingerprint density at radius 2 is 0.773 bits per heavy atom. The molecule has 11 aromatic carbocycles. The van der Waals surface area contributed by atoms with E-state index in [1.165, 1.54) is 54.6 Å². The van der Waals surface area contributed by atoms with Crippen LogP contribution in [0.4, 0.5) is 17.1 Å². The monoisotopic (exact) mass is 843 g/mol. The van der Waals surface area contributed by atoms with Gasteiger partial charge in [0.1, 0.15) is 22.3 Å². The number of hydrogen-bond donors (Lipinski definition) is 0. The summed E-state index contributed by atoms with van der Waals surface area (Å²) in [5.41, 5.74) is 16.2. The van der Waals surface area contributed by atoms with Gasteiger partial charge in [-0.25, -0.2) is 0 Å². The van der Waals surface area contributed by atoms with Gasteiger partial charge in [0.2, 0.25) is 0 Å². The predicted octanol–water partition coefficient (Wildman–Crippen LogP) is 18.1. The van der Waals surface area contributed by atoms with Gasteiger partial charge in [-0.2, -0.15) is 0 Å². The average Bonchev–Trinajstić information content (AvgIpc) is 4.01. The highest BCUT2D eigenvalue weighted by Gasteiger charge is 2.37. The average molecular weight is 844 g/mol. The topological polar surface area (TPSA) is 29.5 Å². The molecule has 1 aliphatic rings. The highest BCUT2D eigenvalue weighted by atomic mass is 16.3. The van der Waals surface area contributed by atoms with E-state index < -0.39 is 0 Å². The van der Waals surface area contributed by atoms with E-state index in [-0.39, 0.29) is 5.41 Å². The molecule has 0 bridgehead atoms. The number of hydrogen-bond acceptors (Lipinski definition) is 3. The fraction of sp³-hybridized carbons (Fsp3) is 0.0476. The van der Waals surface area contributed by atoms with E-state index in [9.17, 15) is 0 Å². The molecule has 13 aromatic rings. The van der Waals surface area contributed by atoms with E-state index in [1.54, 1.807) is 0 Å². The van der Waals surface area contributed by atoms with E-state index in [2.05, 4.69) is 213 Å². The van der Waals surface area contributed by atoms with Gasteiger partial charge in [0, 0.05) is 55.1 Å². The van der Waals surface area contributed by atoms with E-state index in [0.717, 1.165) is 83.2 Å². The largest absolute Gasteiger partial charge is 0.455 e. The molecule has 0 atom stereocenters. The molecule has 1 aliphatic carbocycles. The van der Waals surface area contributed by atoms with Crippen molar-refractivity contribution in [3.8, 4) is 33.4 Å². The third kappa shape index (κ3) is 5.31. The Morgan fingerprint density at radius 3 is 1.39 bits per heavy atom. The highest BCUT2D eigenvalue weighted by molar-refractivity contribution is 6.26. The summed E-state index contributed by atoms with van der Waals surface area (Å²) in [6.07, 6.45) is 0. The summed E-state index contributed by atoms with van der Waals surface area (Å²) in [5.74, 6) is 0. The summed E-state index contributed by atoms with van der Waals surface area (Å²) in [7, 11) is 0. The Morgan fingerprint density at radius 1 is 0.303 bits per heavy atom. The van der Waals surface area contributed by atoms with Gasteiger partial charge in [0.25, 0.3) is 0 Å². The lowest BCUT2D eigenvalue weighted by molar-refractivity contribution is 0.661. The lowest BCUT2D eigenvalue weighted by Crippen LogP contribution is -2.16. The van der Waals surface area contributed by atoms with Crippen LogP contribution in [0.2, 0.25) is 0 Å². The molecule has 0 fully saturated rings. The van der Waals surface area contributed by atoms with Gasteiger partial charge in [0.15, 0.2) is 0 Å². The molecule has 0 saturated heterocycles. The number of para-hydroxylation sites is 4. The minimum atomic E-state index is -0.249. The number of furan rings is 2. The van der Waals surface area contributed by atoms with Crippen LogP contribution in [-0.4, -0.2) is 0 Å². The smallest absolute Gasteiger partial charge is 0.143 e. The van der Waals surface area contributed by atoms with Crippen molar-refractivity contribution in [3.05, 3.63) is 223 Å². The second-order valence-corrected chi connectivity index (χ2v) is 18.4. The lowest BCUT2D eigenvalue weighted by Gasteiger charge is -2.28. The van der Waals surface area contributed by atoms with Crippen LogP contribution < -0.4 is 4.90 Å². The Hall–Kier alpha value is -8.40. The zero-order chi connectivity index (χ0) is 43.7. The van der Waals surface area contributed by atoms with E-state index in [4.69, 9.17) is 8.83 Å². The third-order valence-corrected chi connectivity index (χ3v) is 14.4. The van der Waals surface area contributed by atoms with Gasteiger partial charge in [-0.05, 0) is 126 Å². The molecule has 3 nitrogen and oxygen atoms in total. The van der Waals surface area contributed by atoms with Crippen LogP contribution in [0.15, 0.2) is 221 Å². The minimum Gasteiger partial charge on any atom is -0.455 e. The summed E-state index contributed by atoms with van der Waals surface area (Å²) in [6, 6.07) is 77.2. The van der Waals surface area contributed by atoms with Crippen LogP contribution in [-0.2, 0) is 5.41 Å². The van der Waals surface area contributed by atoms with Gasteiger partial charge >= 0.3 is 0 Å². The van der Waals surface area contributed by atoms with Gasteiger partial charge in [-0.3, -0.25) is 0 Å². The van der Waals surface area contributed by atoms with Crippen molar-refractivity contribution in [2.24, 2.45) is 0 Å². The molecule has 0 aliphatic heterocycles. The first-order valence-corrected chi connectivity index (χ1v) is 22.8. The van der Waals surface area contributed by atoms with Crippen molar-refractivity contribution in [2.45, 2.75) is 19.3 Å². The molecule has 2 aromatic heterocycles. The molecule has 0 radical (unpaired) electrons. The van der Waals surface area contributed by atoms with Crippen LogP contribution in [0.3, 0.4) is 0 Å². The first-order chi connectivity index (χ1) is 32.5. The molecule has 66 heavy (non-hydrogen) atoms. The Bertz CT molecular complexity index is 4150. The minimum absolute atomic E-state index is 0.249. The zero-order valence-electron chi connectivity index (χ0n) is 36.5. The molecule has 0 unspecified atom stereocenters. The van der Waals surface area contributed by atoms with Gasteiger partial charge in [-0.15, -0.1) is 0 Å². The standard InChI is InChI=1S/C63H41NO2/c1-63(2)57-35-42(32-33-49(57)56-36-54-47-18-5-3-16-45(47)46-17-4-6-19-48(46)55(54)37-58(56)63)64(40-30-28-38(29-31-40)43-22-12-24-52-50-20-7-9-26-59(50)65-61(43)52)41-15-11-14-39(34-41)44-23-13-25-53-51-21-8-10-27-60(51)66-62(44)53/h3-37H,1-2H3. The molecular weight excluding hydrogens is 803 g/mol. The molecule has 0 N–H and O–H groups in total. The third-order valence-electron chi connectivity index (χ3n) is 14.4. The fourth-order valence-corrected chi connectivity index (χ4v) is 11.3. The quantitative estimate of drug-likeness (QED) is 0.162. The molecule has 3 heteroatoms. The van der Waals surface area contributed by atoms with E-state index in [1.807, 2.05) is 18.2 Å². The number of fused-ring (bicyclic) bond motifs is 15. The summed E-state index contributed by atoms with van der Waals surface area (Å²) < 4.78 is 13.1.